The lowest BCUT2D eigenvalue weighted by atomic mass is 9.76. The second-order valence-electron chi connectivity index (χ2n) is 6.61. The molecule has 25 heavy (non-hydrogen) atoms. The Morgan fingerprint density at radius 2 is 1.96 bits per heavy atom. The maximum Gasteiger partial charge on any atom is 0.335 e. The zero-order chi connectivity index (χ0) is 18.0. The first-order chi connectivity index (χ1) is 11.9. The Morgan fingerprint density at radius 3 is 2.60 bits per heavy atom. The maximum absolute atomic E-state index is 13.2. The number of aromatic carboxylic acids is 1. The van der Waals surface area contributed by atoms with E-state index in [1.54, 1.807) is 31.2 Å². The fourth-order valence-corrected chi connectivity index (χ4v) is 3.25. The van der Waals surface area contributed by atoms with Gasteiger partial charge in [0.25, 0.3) is 0 Å². The first-order valence-corrected chi connectivity index (χ1v) is 8.30. The van der Waals surface area contributed by atoms with E-state index in [1.807, 2.05) is 6.07 Å². The summed E-state index contributed by atoms with van der Waals surface area (Å²) in [5, 5.41) is 12.0. The van der Waals surface area contributed by atoms with Crippen LogP contribution < -0.4 is 5.32 Å². The quantitative estimate of drug-likeness (QED) is 0.875. The third-order valence-electron chi connectivity index (χ3n) is 4.76. The van der Waals surface area contributed by atoms with Crippen LogP contribution in [-0.4, -0.2) is 23.0 Å². The van der Waals surface area contributed by atoms with E-state index in [-0.39, 0.29) is 35.7 Å². The highest BCUT2D eigenvalue weighted by atomic mass is 19.1. The third-order valence-corrected chi connectivity index (χ3v) is 4.76. The van der Waals surface area contributed by atoms with Gasteiger partial charge < -0.3 is 10.4 Å². The molecule has 5 heteroatoms. The molecule has 0 spiro atoms. The maximum atomic E-state index is 13.2. The van der Waals surface area contributed by atoms with Crippen molar-refractivity contribution >= 4 is 11.9 Å². The van der Waals surface area contributed by atoms with Crippen molar-refractivity contribution in [3.8, 4) is 0 Å². The number of nitrogens with one attached hydrogen (secondary N) is 1. The summed E-state index contributed by atoms with van der Waals surface area (Å²) < 4.78 is 13.2. The number of hydrogen-bond donors (Lipinski definition) is 2. The number of rotatable bonds is 5. The average Bonchev–Trinajstić information content (AvgIpc) is 2.52. The van der Waals surface area contributed by atoms with Crippen molar-refractivity contribution in [2.45, 2.75) is 38.1 Å². The van der Waals surface area contributed by atoms with Gasteiger partial charge in [-0.1, -0.05) is 18.2 Å². The Hall–Kier alpha value is -2.69. The van der Waals surface area contributed by atoms with Crippen molar-refractivity contribution in [1.29, 1.82) is 0 Å². The fraction of sp³-hybridized carbons (Fsp3) is 0.300. The van der Waals surface area contributed by atoms with E-state index in [0.717, 1.165) is 29.5 Å². The molecule has 0 heterocycles. The standard InChI is InChI=1S/C20H20FNO3/c1-12-7-15(20(24)25)6-5-13(12)11-19(23)22-18-9-16(10-18)14-3-2-4-17(21)8-14/h2-8,16,18H,9-11H2,1H3,(H,22,23)(H,24,25). The van der Waals surface area contributed by atoms with Crippen molar-refractivity contribution < 1.29 is 19.1 Å². The highest BCUT2D eigenvalue weighted by Gasteiger charge is 2.31. The lowest BCUT2D eigenvalue weighted by Crippen LogP contribution is -2.44. The van der Waals surface area contributed by atoms with Gasteiger partial charge in [0.15, 0.2) is 0 Å². The van der Waals surface area contributed by atoms with Gasteiger partial charge >= 0.3 is 5.97 Å². The molecule has 2 N–H and O–H groups in total. The van der Waals surface area contributed by atoms with Crippen LogP contribution in [0.15, 0.2) is 42.5 Å². The second-order valence-corrected chi connectivity index (χ2v) is 6.61. The van der Waals surface area contributed by atoms with Gasteiger partial charge in [-0.25, -0.2) is 9.18 Å². The molecule has 0 unspecified atom stereocenters. The van der Waals surface area contributed by atoms with E-state index < -0.39 is 5.97 Å². The van der Waals surface area contributed by atoms with Crippen molar-refractivity contribution in [2.75, 3.05) is 0 Å². The van der Waals surface area contributed by atoms with Crippen molar-refractivity contribution in [3.63, 3.8) is 0 Å². The van der Waals surface area contributed by atoms with Crippen LogP contribution in [-0.2, 0) is 11.2 Å². The van der Waals surface area contributed by atoms with Gasteiger partial charge in [-0.05, 0) is 66.6 Å². The fourth-order valence-electron chi connectivity index (χ4n) is 3.25. The average molecular weight is 341 g/mol. The number of aryl methyl sites for hydroxylation is 1. The third kappa shape index (κ3) is 4.05. The van der Waals surface area contributed by atoms with E-state index in [1.165, 1.54) is 12.1 Å². The molecule has 0 radical (unpaired) electrons. The Labute approximate surface area is 145 Å². The zero-order valence-electron chi connectivity index (χ0n) is 14.0. The highest BCUT2D eigenvalue weighted by Crippen LogP contribution is 2.37. The summed E-state index contributed by atoms with van der Waals surface area (Å²) in [4.78, 5) is 23.1. The van der Waals surface area contributed by atoms with E-state index >= 15 is 0 Å². The molecule has 130 valence electrons. The summed E-state index contributed by atoms with van der Waals surface area (Å²) in [7, 11) is 0. The SMILES string of the molecule is Cc1cc(C(=O)O)ccc1CC(=O)NC1CC(c2cccc(F)c2)C1. The lowest BCUT2D eigenvalue weighted by Gasteiger charge is -2.36. The minimum atomic E-state index is -0.975. The molecule has 1 saturated carbocycles. The Balaban J connectivity index is 1.52. The predicted octanol–water partition coefficient (Wildman–Crippen LogP) is 3.44. The van der Waals surface area contributed by atoms with Crippen LogP contribution >= 0.6 is 0 Å². The number of hydrogen-bond acceptors (Lipinski definition) is 2. The lowest BCUT2D eigenvalue weighted by molar-refractivity contribution is -0.121. The molecule has 4 nitrogen and oxygen atoms in total. The van der Waals surface area contributed by atoms with Crippen LogP contribution in [0.1, 0.15) is 45.8 Å². The van der Waals surface area contributed by atoms with Crippen molar-refractivity contribution in [2.24, 2.45) is 0 Å². The molecule has 1 aliphatic rings. The molecule has 0 bridgehead atoms. The molecule has 1 amide bonds. The summed E-state index contributed by atoms with van der Waals surface area (Å²) >= 11 is 0. The summed E-state index contributed by atoms with van der Waals surface area (Å²) in [5.74, 6) is -0.992. The topological polar surface area (TPSA) is 66.4 Å². The summed E-state index contributed by atoms with van der Waals surface area (Å²) in [6, 6.07) is 11.5. The van der Waals surface area contributed by atoms with Gasteiger partial charge in [0.1, 0.15) is 5.82 Å². The smallest absolute Gasteiger partial charge is 0.335 e. The summed E-state index contributed by atoms with van der Waals surface area (Å²) in [6.45, 7) is 1.80. The van der Waals surface area contributed by atoms with Gasteiger partial charge in [-0.2, -0.15) is 0 Å². The van der Waals surface area contributed by atoms with Crippen LogP contribution in [0.5, 0.6) is 0 Å². The molecule has 0 atom stereocenters. The summed E-state index contributed by atoms with van der Waals surface area (Å²) in [5.41, 5.74) is 2.81. The van der Waals surface area contributed by atoms with Crippen LogP contribution in [0.25, 0.3) is 0 Å². The molecule has 3 rings (SSSR count). The number of carboxylic acid groups (broad SMARTS) is 1. The van der Waals surface area contributed by atoms with Gasteiger partial charge in [0.05, 0.1) is 12.0 Å². The molecule has 0 aromatic heterocycles. The van der Waals surface area contributed by atoms with E-state index in [2.05, 4.69) is 5.32 Å². The monoisotopic (exact) mass is 341 g/mol. The summed E-state index contributed by atoms with van der Waals surface area (Å²) in [6.07, 6.45) is 1.85. The van der Waals surface area contributed by atoms with E-state index in [9.17, 15) is 14.0 Å². The van der Waals surface area contributed by atoms with Crippen molar-refractivity contribution in [1.82, 2.24) is 5.32 Å². The molecular formula is C20H20FNO3. The number of carbonyl (C=O) groups is 2. The molecule has 2 aromatic rings. The first kappa shape index (κ1) is 17.1. The minimum absolute atomic E-state index is 0.0751. The Kier molecular flexibility index (Phi) is 4.83. The van der Waals surface area contributed by atoms with E-state index in [4.69, 9.17) is 5.11 Å². The Bertz CT molecular complexity index is 812. The van der Waals surface area contributed by atoms with Gasteiger partial charge in [0.2, 0.25) is 5.91 Å². The van der Waals surface area contributed by atoms with Gasteiger partial charge in [0, 0.05) is 6.04 Å². The number of carbonyl (C=O) groups excluding carboxylic acids is 1. The first-order valence-electron chi connectivity index (χ1n) is 8.30. The minimum Gasteiger partial charge on any atom is -0.478 e. The van der Waals surface area contributed by atoms with Crippen LogP contribution in [0.4, 0.5) is 4.39 Å². The second kappa shape index (κ2) is 7.05. The molecule has 1 fully saturated rings. The van der Waals surface area contributed by atoms with Crippen LogP contribution in [0.2, 0.25) is 0 Å². The molecule has 0 aliphatic heterocycles. The van der Waals surface area contributed by atoms with Crippen LogP contribution in [0, 0.1) is 12.7 Å². The number of amides is 1. The van der Waals surface area contributed by atoms with Gasteiger partial charge in [-0.15, -0.1) is 0 Å². The van der Waals surface area contributed by atoms with E-state index in [0.29, 0.717) is 0 Å². The predicted molar refractivity (Wildman–Crippen MR) is 92.1 cm³/mol. The Morgan fingerprint density at radius 1 is 1.20 bits per heavy atom. The molecule has 0 saturated heterocycles. The molecule has 2 aromatic carbocycles. The zero-order valence-corrected chi connectivity index (χ0v) is 14.0. The van der Waals surface area contributed by atoms with Crippen molar-refractivity contribution in [3.05, 3.63) is 70.5 Å². The largest absolute Gasteiger partial charge is 0.478 e. The number of halogens is 1. The van der Waals surface area contributed by atoms with Crippen LogP contribution in [0.3, 0.4) is 0 Å². The molecule has 1 aliphatic carbocycles. The molecular weight excluding hydrogens is 321 g/mol. The number of benzene rings is 2. The van der Waals surface area contributed by atoms with Gasteiger partial charge in [-0.3, -0.25) is 4.79 Å². The normalized spacial score (nSPS) is 19.1. The highest BCUT2D eigenvalue weighted by molar-refractivity contribution is 5.88. The number of carboxylic acids is 1.